The summed E-state index contributed by atoms with van der Waals surface area (Å²) in [6, 6.07) is 22.5. The van der Waals surface area contributed by atoms with Crippen LogP contribution in [0.15, 0.2) is 78.0 Å². The van der Waals surface area contributed by atoms with Crippen LogP contribution >= 0.6 is 23.4 Å². The van der Waals surface area contributed by atoms with E-state index in [1.54, 1.807) is 18.2 Å². The van der Waals surface area contributed by atoms with Gasteiger partial charge in [-0.1, -0.05) is 53.7 Å². The van der Waals surface area contributed by atoms with E-state index in [0.29, 0.717) is 33.6 Å². The van der Waals surface area contributed by atoms with Gasteiger partial charge >= 0.3 is 0 Å². The molecule has 34 heavy (non-hydrogen) atoms. The van der Waals surface area contributed by atoms with Gasteiger partial charge in [-0.2, -0.15) is 0 Å². The summed E-state index contributed by atoms with van der Waals surface area (Å²) in [7, 11) is 0. The first-order valence-electron chi connectivity index (χ1n) is 10.5. The van der Waals surface area contributed by atoms with E-state index in [-0.39, 0.29) is 24.1 Å². The topological polar surface area (TPSA) is 86.1 Å². The van der Waals surface area contributed by atoms with Crippen molar-refractivity contribution in [3.05, 3.63) is 94.8 Å². The van der Waals surface area contributed by atoms with Gasteiger partial charge in [-0.25, -0.2) is 0 Å². The van der Waals surface area contributed by atoms with Gasteiger partial charge in [-0.05, 0) is 48.0 Å². The van der Waals surface area contributed by atoms with E-state index in [1.165, 1.54) is 11.8 Å². The quantitative estimate of drug-likeness (QED) is 0.295. The Morgan fingerprint density at radius 3 is 2.65 bits per heavy atom. The highest BCUT2D eigenvalue weighted by Crippen LogP contribution is 2.30. The summed E-state index contributed by atoms with van der Waals surface area (Å²) < 4.78 is 7.31. The van der Waals surface area contributed by atoms with Crippen molar-refractivity contribution >= 4 is 40.7 Å². The van der Waals surface area contributed by atoms with Crippen LogP contribution in [0.1, 0.15) is 21.7 Å². The summed E-state index contributed by atoms with van der Waals surface area (Å²) in [5.74, 6) is 1.13. The predicted molar refractivity (Wildman–Crippen MR) is 131 cm³/mol. The van der Waals surface area contributed by atoms with Crippen LogP contribution in [0.3, 0.4) is 0 Å². The van der Waals surface area contributed by atoms with Crippen molar-refractivity contribution in [1.29, 1.82) is 0 Å². The summed E-state index contributed by atoms with van der Waals surface area (Å²) in [5, 5.41) is 12.8. The number of Topliss-reactive ketones (excluding diaryl/α,β-unsaturated/α-hetero) is 1. The van der Waals surface area contributed by atoms with Gasteiger partial charge in [0.25, 0.3) is 5.91 Å². The van der Waals surface area contributed by atoms with Crippen LogP contribution in [0.2, 0.25) is 5.02 Å². The zero-order valence-corrected chi connectivity index (χ0v) is 19.5. The standard InChI is InChI=1S/C25H19ClN4O3S/c26-18-7-9-19(10-8-18)30-23(12-16-4-2-1-3-5-16)28-29-25(30)34-15-21(31)17-6-11-22-20(13-17)27-24(32)14-33-22/h1-11,13H,12,14-15H2,(H,27,32). The summed E-state index contributed by atoms with van der Waals surface area (Å²) in [5.41, 5.74) is 2.96. The molecule has 1 amide bonds. The Balaban J connectivity index is 1.39. The Morgan fingerprint density at radius 1 is 1.06 bits per heavy atom. The van der Waals surface area contributed by atoms with Crippen molar-refractivity contribution in [2.75, 3.05) is 17.7 Å². The molecule has 2 heterocycles. The molecule has 0 radical (unpaired) electrons. The van der Waals surface area contributed by atoms with Gasteiger partial charge in [0.15, 0.2) is 17.5 Å². The first-order valence-corrected chi connectivity index (χ1v) is 11.9. The van der Waals surface area contributed by atoms with E-state index in [1.807, 2.05) is 59.2 Å². The maximum absolute atomic E-state index is 12.9. The molecule has 0 spiro atoms. The first-order chi connectivity index (χ1) is 16.6. The normalized spacial score (nSPS) is 12.6. The molecule has 0 saturated carbocycles. The molecule has 0 fully saturated rings. The molecule has 0 aliphatic carbocycles. The highest BCUT2D eigenvalue weighted by Gasteiger charge is 2.20. The Bertz CT molecular complexity index is 1360. The molecule has 5 rings (SSSR count). The number of ketones is 1. The number of anilines is 1. The van der Waals surface area contributed by atoms with Crippen LogP contribution in [0.4, 0.5) is 5.69 Å². The maximum Gasteiger partial charge on any atom is 0.262 e. The van der Waals surface area contributed by atoms with Crippen LogP contribution in [0, 0.1) is 0 Å². The highest BCUT2D eigenvalue weighted by molar-refractivity contribution is 7.99. The molecule has 0 saturated heterocycles. The number of halogens is 1. The molecule has 4 aromatic rings. The van der Waals surface area contributed by atoms with E-state index in [2.05, 4.69) is 15.5 Å². The van der Waals surface area contributed by atoms with Crippen molar-refractivity contribution in [3.63, 3.8) is 0 Å². The lowest BCUT2D eigenvalue weighted by molar-refractivity contribution is -0.118. The molecule has 1 aliphatic rings. The summed E-state index contributed by atoms with van der Waals surface area (Å²) >= 11 is 7.39. The van der Waals surface area contributed by atoms with Crippen molar-refractivity contribution in [1.82, 2.24) is 14.8 Å². The number of benzene rings is 3. The molecule has 170 valence electrons. The van der Waals surface area contributed by atoms with E-state index in [0.717, 1.165) is 17.1 Å². The van der Waals surface area contributed by atoms with Gasteiger partial charge in [-0.3, -0.25) is 14.2 Å². The zero-order chi connectivity index (χ0) is 23.5. The first kappa shape index (κ1) is 22.2. The largest absolute Gasteiger partial charge is 0.482 e. The number of carbonyl (C=O) groups is 2. The molecule has 0 bridgehead atoms. The summed E-state index contributed by atoms with van der Waals surface area (Å²) in [4.78, 5) is 24.5. The van der Waals surface area contributed by atoms with E-state index >= 15 is 0 Å². The summed E-state index contributed by atoms with van der Waals surface area (Å²) in [6.07, 6.45) is 0.593. The lowest BCUT2D eigenvalue weighted by Gasteiger charge is -2.18. The average molecular weight is 491 g/mol. The number of fused-ring (bicyclic) bond motifs is 1. The third-order valence-corrected chi connectivity index (χ3v) is 6.44. The number of carbonyl (C=O) groups excluding carboxylic acids is 2. The fourth-order valence-corrected chi connectivity index (χ4v) is 4.60. The molecule has 0 atom stereocenters. The number of rotatable bonds is 7. The van der Waals surface area contributed by atoms with Crippen molar-refractivity contribution in [3.8, 4) is 11.4 Å². The second-order valence-electron chi connectivity index (χ2n) is 7.63. The molecular formula is C25H19ClN4O3S. The number of hydrogen-bond acceptors (Lipinski definition) is 6. The molecule has 3 aromatic carbocycles. The van der Waals surface area contributed by atoms with Gasteiger partial charge < -0.3 is 10.1 Å². The molecule has 1 aliphatic heterocycles. The molecule has 0 unspecified atom stereocenters. The maximum atomic E-state index is 12.9. The lowest BCUT2D eigenvalue weighted by atomic mass is 10.1. The van der Waals surface area contributed by atoms with Crippen molar-refractivity contribution in [2.45, 2.75) is 11.6 Å². The van der Waals surface area contributed by atoms with Crippen LogP contribution in [0.5, 0.6) is 5.75 Å². The number of nitrogens with zero attached hydrogens (tertiary/aromatic N) is 3. The fraction of sp³-hybridized carbons (Fsp3) is 0.120. The van der Waals surface area contributed by atoms with Gasteiger partial charge in [0.05, 0.1) is 11.4 Å². The van der Waals surface area contributed by atoms with Gasteiger partial charge in [0, 0.05) is 22.7 Å². The lowest BCUT2D eigenvalue weighted by Crippen LogP contribution is -2.25. The summed E-state index contributed by atoms with van der Waals surface area (Å²) in [6.45, 7) is -0.0260. The SMILES string of the molecule is O=C1COc2ccc(C(=O)CSc3nnc(Cc4ccccc4)n3-c3ccc(Cl)cc3)cc2N1. The third kappa shape index (κ3) is 4.83. The minimum Gasteiger partial charge on any atom is -0.482 e. The Morgan fingerprint density at radius 2 is 1.85 bits per heavy atom. The van der Waals surface area contributed by atoms with Gasteiger partial charge in [0.1, 0.15) is 11.6 Å². The molecular weight excluding hydrogens is 472 g/mol. The number of thioether (sulfide) groups is 1. The molecule has 9 heteroatoms. The van der Waals surface area contributed by atoms with Crippen LogP contribution in [-0.4, -0.2) is 38.8 Å². The number of amides is 1. The van der Waals surface area contributed by atoms with E-state index < -0.39 is 0 Å². The number of nitrogens with one attached hydrogen (secondary N) is 1. The van der Waals surface area contributed by atoms with Gasteiger partial charge in [-0.15, -0.1) is 10.2 Å². The number of hydrogen-bond donors (Lipinski definition) is 1. The zero-order valence-electron chi connectivity index (χ0n) is 17.9. The highest BCUT2D eigenvalue weighted by atomic mass is 35.5. The monoisotopic (exact) mass is 490 g/mol. The second kappa shape index (κ2) is 9.70. The minimum absolute atomic E-state index is 0.0260. The minimum atomic E-state index is -0.242. The Labute approximate surface area is 205 Å². The van der Waals surface area contributed by atoms with Crippen LogP contribution in [-0.2, 0) is 11.2 Å². The predicted octanol–water partition coefficient (Wildman–Crippen LogP) is 4.82. The average Bonchev–Trinajstić information content (AvgIpc) is 3.25. The van der Waals surface area contributed by atoms with Crippen LogP contribution in [0.25, 0.3) is 5.69 Å². The molecule has 7 nitrogen and oxygen atoms in total. The van der Waals surface area contributed by atoms with Crippen molar-refractivity contribution < 1.29 is 14.3 Å². The molecule has 1 N–H and O–H groups in total. The van der Waals surface area contributed by atoms with E-state index in [9.17, 15) is 9.59 Å². The van der Waals surface area contributed by atoms with Crippen LogP contribution < -0.4 is 10.1 Å². The smallest absolute Gasteiger partial charge is 0.262 e. The number of aromatic nitrogens is 3. The number of ether oxygens (including phenoxy) is 1. The Kier molecular flexibility index (Phi) is 6.33. The Hall–Kier alpha value is -3.62. The van der Waals surface area contributed by atoms with Gasteiger partial charge in [0.2, 0.25) is 0 Å². The fourth-order valence-electron chi connectivity index (χ4n) is 3.61. The van der Waals surface area contributed by atoms with E-state index in [4.69, 9.17) is 16.3 Å². The van der Waals surface area contributed by atoms with Crippen molar-refractivity contribution in [2.24, 2.45) is 0 Å². The third-order valence-electron chi connectivity index (χ3n) is 5.26. The second-order valence-corrected chi connectivity index (χ2v) is 9.01. The molecule has 1 aromatic heterocycles.